The van der Waals surface area contributed by atoms with Gasteiger partial charge in [0.1, 0.15) is 11.0 Å². The van der Waals surface area contributed by atoms with Crippen molar-refractivity contribution in [3.63, 3.8) is 0 Å². The second-order valence-electron chi connectivity index (χ2n) is 4.43. The highest BCUT2D eigenvalue weighted by molar-refractivity contribution is 5.85. The Bertz CT molecular complexity index is 496. The molecule has 1 saturated heterocycles. The van der Waals surface area contributed by atoms with E-state index in [0.717, 1.165) is 50.2 Å². The van der Waals surface area contributed by atoms with E-state index in [1.165, 1.54) is 5.56 Å². The Kier molecular flexibility index (Phi) is 4.52. The fourth-order valence-electron chi connectivity index (χ4n) is 2.21. The molecule has 0 amide bonds. The molecule has 0 bridgehead atoms. The van der Waals surface area contributed by atoms with E-state index in [2.05, 4.69) is 32.7 Å². The van der Waals surface area contributed by atoms with Crippen LogP contribution in [0.15, 0.2) is 22.8 Å². The summed E-state index contributed by atoms with van der Waals surface area (Å²) in [5.74, 6) is 0. The van der Waals surface area contributed by atoms with E-state index in [1.807, 2.05) is 6.07 Å². The molecule has 6 heteroatoms. The predicted octanol–water partition coefficient (Wildman–Crippen LogP) is 1.09. The molecule has 0 radical (unpaired) electrons. The van der Waals surface area contributed by atoms with Gasteiger partial charge in [-0.3, -0.25) is 0 Å². The monoisotopic (exact) mass is 268 g/mol. The quantitative estimate of drug-likeness (QED) is 0.903. The smallest absolute Gasteiger partial charge is 0.135 e. The largest absolute Gasteiger partial charge is 0.314 e. The molecule has 1 aromatic carbocycles. The van der Waals surface area contributed by atoms with Crippen LogP contribution in [0.5, 0.6) is 0 Å². The summed E-state index contributed by atoms with van der Waals surface area (Å²) in [6, 6.07) is 6.14. The minimum atomic E-state index is 0. The molecule has 1 aliphatic heterocycles. The van der Waals surface area contributed by atoms with Crippen LogP contribution in [0.25, 0.3) is 11.0 Å². The van der Waals surface area contributed by atoms with E-state index in [9.17, 15) is 0 Å². The van der Waals surface area contributed by atoms with Crippen LogP contribution in [-0.4, -0.2) is 47.9 Å². The van der Waals surface area contributed by atoms with Gasteiger partial charge in [-0.05, 0) is 34.4 Å². The van der Waals surface area contributed by atoms with Gasteiger partial charge >= 0.3 is 0 Å². The highest BCUT2D eigenvalue weighted by Gasteiger charge is 2.09. The molecule has 1 aliphatic rings. The second-order valence-corrected chi connectivity index (χ2v) is 4.43. The van der Waals surface area contributed by atoms with Gasteiger partial charge in [0.05, 0.1) is 0 Å². The van der Waals surface area contributed by atoms with Gasteiger partial charge in [0.15, 0.2) is 0 Å². The molecule has 0 aliphatic carbocycles. The molecule has 1 aromatic heterocycles. The molecule has 2 heterocycles. The van der Waals surface area contributed by atoms with Crippen molar-refractivity contribution in [2.45, 2.75) is 6.42 Å². The molecular formula is C12H17ClN4O. The zero-order valence-corrected chi connectivity index (χ0v) is 10.9. The van der Waals surface area contributed by atoms with Gasteiger partial charge in [0.2, 0.25) is 0 Å². The molecule has 2 aromatic rings. The highest BCUT2D eigenvalue weighted by atomic mass is 35.5. The normalized spacial score (nSPS) is 16.7. The Balaban J connectivity index is 0.00000120. The standard InChI is InChI=1S/C12H16N4O.ClH/c1-2-11-12(15-17-14-11)9-10(1)3-6-16-7-4-13-5-8-16;/h1-2,9,13H,3-8H2;1H. The molecule has 0 unspecified atom stereocenters. The van der Waals surface area contributed by atoms with E-state index < -0.39 is 0 Å². The molecule has 3 rings (SSSR count). The maximum absolute atomic E-state index is 4.70. The molecule has 5 nitrogen and oxygen atoms in total. The number of benzene rings is 1. The van der Waals surface area contributed by atoms with Crippen LogP contribution in [0.4, 0.5) is 0 Å². The number of hydrogen-bond donors (Lipinski definition) is 1. The van der Waals surface area contributed by atoms with Gasteiger partial charge in [-0.2, -0.15) is 0 Å². The number of nitrogens with one attached hydrogen (secondary N) is 1. The molecule has 1 fully saturated rings. The second kappa shape index (κ2) is 6.13. The van der Waals surface area contributed by atoms with Crippen LogP contribution in [0, 0.1) is 0 Å². The van der Waals surface area contributed by atoms with Gasteiger partial charge in [-0.25, -0.2) is 4.63 Å². The van der Waals surface area contributed by atoms with Crippen LogP contribution in [-0.2, 0) is 6.42 Å². The average Bonchev–Trinajstić information content (AvgIpc) is 2.85. The molecule has 0 atom stereocenters. The number of hydrogen-bond acceptors (Lipinski definition) is 5. The topological polar surface area (TPSA) is 54.2 Å². The molecule has 0 spiro atoms. The zero-order chi connectivity index (χ0) is 11.5. The van der Waals surface area contributed by atoms with Gasteiger partial charge in [-0.15, -0.1) is 12.4 Å². The number of aromatic nitrogens is 2. The molecule has 98 valence electrons. The summed E-state index contributed by atoms with van der Waals surface area (Å²) in [6.45, 7) is 5.61. The first-order valence-corrected chi connectivity index (χ1v) is 6.06. The van der Waals surface area contributed by atoms with E-state index in [1.54, 1.807) is 0 Å². The van der Waals surface area contributed by atoms with Crippen molar-refractivity contribution in [1.82, 2.24) is 20.5 Å². The number of piperazine rings is 1. The van der Waals surface area contributed by atoms with E-state index in [0.29, 0.717) is 0 Å². The minimum Gasteiger partial charge on any atom is -0.314 e. The predicted molar refractivity (Wildman–Crippen MR) is 72.1 cm³/mol. The lowest BCUT2D eigenvalue weighted by molar-refractivity contribution is 0.244. The number of nitrogens with zero attached hydrogens (tertiary/aromatic N) is 3. The summed E-state index contributed by atoms with van der Waals surface area (Å²) in [7, 11) is 0. The minimum absolute atomic E-state index is 0. The van der Waals surface area contributed by atoms with E-state index >= 15 is 0 Å². The van der Waals surface area contributed by atoms with Gasteiger partial charge < -0.3 is 10.2 Å². The Morgan fingerprint density at radius 3 is 2.78 bits per heavy atom. The van der Waals surface area contributed by atoms with Crippen molar-refractivity contribution in [1.29, 1.82) is 0 Å². The first-order valence-electron chi connectivity index (χ1n) is 6.06. The van der Waals surface area contributed by atoms with Crippen LogP contribution in [0.3, 0.4) is 0 Å². The Morgan fingerprint density at radius 1 is 1.17 bits per heavy atom. The summed E-state index contributed by atoms with van der Waals surface area (Å²) in [5, 5.41) is 11.0. The van der Waals surface area contributed by atoms with Crippen LogP contribution < -0.4 is 5.32 Å². The molecule has 1 N–H and O–H groups in total. The van der Waals surface area contributed by atoms with Crippen molar-refractivity contribution in [2.75, 3.05) is 32.7 Å². The van der Waals surface area contributed by atoms with Crippen LogP contribution in [0.2, 0.25) is 0 Å². The third kappa shape index (κ3) is 2.98. The number of fused-ring (bicyclic) bond motifs is 1. The number of rotatable bonds is 3. The Hall–Kier alpha value is -1.17. The van der Waals surface area contributed by atoms with Crippen LogP contribution >= 0.6 is 12.4 Å². The third-order valence-electron chi connectivity index (χ3n) is 3.24. The van der Waals surface area contributed by atoms with Crippen molar-refractivity contribution < 1.29 is 4.63 Å². The average molecular weight is 269 g/mol. The van der Waals surface area contributed by atoms with E-state index in [4.69, 9.17) is 4.63 Å². The fraction of sp³-hybridized carbons (Fsp3) is 0.500. The zero-order valence-electron chi connectivity index (χ0n) is 10.1. The number of halogens is 1. The summed E-state index contributed by atoms with van der Waals surface area (Å²) in [4.78, 5) is 2.49. The Labute approximate surface area is 112 Å². The van der Waals surface area contributed by atoms with Crippen molar-refractivity contribution in [3.8, 4) is 0 Å². The lowest BCUT2D eigenvalue weighted by Crippen LogP contribution is -2.44. The Morgan fingerprint density at radius 2 is 1.94 bits per heavy atom. The van der Waals surface area contributed by atoms with E-state index in [-0.39, 0.29) is 12.4 Å². The van der Waals surface area contributed by atoms with Crippen molar-refractivity contribution in [2.24, 2.45) is 0 Å². The van der Waals surface area contributed by atoms with Crippen molar-refractivity contribution >= 4 is 23.4 Å². The molecule has 18 heavy (non-hydrogen) atoms. The highest BCUT2D eigenvalue weighted by Crippen LogP contribution is 2.12. The van der Waals surface area contributed by atoms with Gasteiger partial charge in [-0.1, -0.05) is 6.07 Å². The maximum Gasteiger partial charge on any atom is 0.135 e. The summed E-state index contributed by atoms with van der Waals surface area (Å²) >= 11 is 0. The third-order valence-corrected chi connectivity index (χ3v) is 3.24. The van der Waals surface area contributed by atoms with Crippen molar-refractivity contribution in [3.05, 3.63) is 23.8 Å². The van der Waals surface area contributed by atoms with Crippen LogP contribution in [0.1, 0.15) is 5.56 Å². The first-order chi connectivity index (χ1) is 8.42. The summed E-state index contributed by atoms with van der Waals surface area (Å²) in [6.07, 6.45) is 1.06. The molecular weight excluding hydrogens is 252 g/mol. The molecule has 0 saturated carbocycles. The van der Waals surface area contributed by atoms with Gasteiger partial charge in [0, 0.05) is 32.7 Å². The lowest BCUT2D eigenvalue weighted by atomic mass is 10.1. The van der Waals surface area contributed by atoms with Gasteiger partial charge in [0.25, 0.3) is 0 Å². The summed E-state index contributed by atoms with van der Waals surface area (Å²) < 4.78 is 4.70. The summed E-state index contributed by atoms with van der Waals surface area (Å²) in [5.41, 5.74) is 2.98. The maximum atomic E-state index is 4.70. The lowest BCUT2D eigenvalue weighted by Gasteiger charge is -2.27. The fourth-order valence-corrected chi connectivity index (χ4v) is 2.21. The SMILES string of the molecule is Cl.c1cc2nonc2cc1CCN1CCNCC1. The first kappa shape index (κ1) is 13.3.